The number of aromatic carboxylic acids is 1. The molecule has 9 heteroatoms. The van der Waals surface area contributed by atoms with E-state index < -0.39 is 27.5 Å². The van der Waals surface area contributed by atoms with Crippen LogP contribution in [0.3, 0.4) is 0 Å². The van der Waals surface area contributed by atoms with Gasteiger partial charge in [0, 0.05) is 12.4 Å². The van der Waals surface area contributed by atoms with Crippen molar-refractivity contribution in [3.63, 3.8) is 0 Å². The highest BCUT2D eigenvalue weighted by Crippen LogP contribution is 2.19. The number of carboxylic acids is 1. The zero-order valence-electron chi connectivity index (χ0n) is 10.4. The van der Waals surface area contributed by atoms with Gasteiger partial charge in [0.15, 0.2) is 11.5 Å². The first-order valence-corrected chi connectivity index (χ1v) is 7.00. The van der Waals surface area contributed by atoms with Crippen LogP contribution in [0.4, 0.5) is 5.82 Å². The summed E-state index contributed by atoms with van der Waals surface area (Å²) in [6.07, 6.45) is 2.28. The van der Waals surface area contributed by atoms with Gasteiger partial charge in [0.1, 0.15) is 11.0 Å². The van der Waals surface area contributed by atoms with Crippen LogP contribution in [0.15, 0.2) is 41.6 Å². The first-order chi connectivity index (χ1) is 9.95. The summed E-state index contributed by atoms with van der Waals surface area (Å²) in [5.74, 6) is -1.84. The summed E-state index contributed by atoms with van der Waals surface area (Å²) >= 11 is 0. The first-order valence-electron chi connectivity index (χ1n) is 5.52. The predicted molar refractivity (Wildman–Crippen MR) is 71.0 cm³/mol. The lowest BCUT2D eigenvalue weighted by atomic mass is 10.2. The zero-order chi connectivity index (χ0) is 15.5. The molecule has 0 aliphatic rings. The van der Waals surface area contributed by atoms with E-state index in [4.69, 9.17) is 10.4 Å². The van der Waals surface area contributed by atoms with E-state index in [2.05, 4.69) is 9.97 Å². The van der Waals surface area contributed by atoms with E-state index in [1.165, 1.54) is 24.3 Å². The number of carbonyl (C=O) groups is 1. The van der Waals surface area contributed by atoms with Crippen LogP contribution in [0, 0.1) is 11.3 Å². The smallest absolute Gasteiger partial charge is 0.358 e. The molecule has 0 aliphatic carbocycles. The van der Waals surface area contributed by atoms with Crippen molar-refractivity contribution < 1.29 is 18.3 Å². The van der Waals surface area contributed by atoms with Gasteiger partial charge in [-0.25, -0.2) is 23.2 Å². The number of hydrogen-bond donors (Lipinski definition) is 2. The molecular weight excluding hydrogens is 296 g/mol. The molecule has 2 rings (SSSR count). The number of carboxylic acid groups (broad SMARTS) is 1. The molecule has 21 heavy (non-hydrogen) atoms. The van der Waals surface area contributed by atoms with Crippen molar-refractivity contribution in [3.8, 4) is 6.07 Å². The van der Waals surface area contributed by atoms with Crippen LogP contribution in [0.2, 0.25) is 0 Å². The molecule has 1 heterocycles. The Labute approximate surface area is 119 Å². The molecule has 106 valence electrons. The summed E-state index contributed by atoms with van der Waals surface area (Å²) in [5, 5.41) is 17.9. The van der Waals surface area contributed by atoms with Gasteiger partial charge in [-0.15, -0.1) is 0 Å². The highest BCUT2D eigenvalue weighted by Gasteiger charge is 2.22. The number of benzene rings is 1. The van der Waals surface area contributed by atoms with E-state index in [0.717, 1.165) is 12.4 Å². The van der Waals surface area contributed by atoms with Crippen molar-refractivity contribution in [1.29, 1.82) is 5.26 Å². The fourth-order valence-electron chi connectivity index (χ4n) is 1.54. The monoisotopic (exact) mass is 304 g/mol. The van der Waals surface area contributed by atoms with E-state index in [1.807, 2.05) is 4.72 Å². The Bertz CT molecular complexity index is 842. The van der Waals surface area contributed by atoms with Crippen molar-refractivity contribution >= 4 is 21.8 Å². The van der Waals surface area contributed by atoms with Crippen molar-refractivity contribution in [1.82, 2.24) is 9.97 Å². The molecular formula is C12H8N4O4S. The standard InChI is InChI=1S/C12H8N4O4S/c13-7-8-3-1-2-4-9(8)21(19,20)16-11-10(12(17)18)14-5-6-15-11/h1-6H,(H,15,16)(H,17,18). The molecule has 2 aromatic rings. The number of hydrogen-bond acceptors (Lipinski definition) is 6. The lowest BCUT2D eigenvalue weighted by Crippen LogP contribution is -2.18. The Balaban J connectivity index is 2.49. The van der Waals surface area contributed by atoms with Crippen LogP contribution in [0.5, 0.6) is 0 Å². The number of aromatic nitrogens is 2. The predicted octanol–water partition coefficient (Wildman–Crippen LogP) is 0.847. The molecule has 0 saturated carbocycles. The van der Waals surface area contributed by atoms with Gasteiger partial charge < -0.3 is 5.11 Å². The van der Waals surface area contributed by atoms with Crippen molar-refractivity contribution in [2.45, 2.75) is 4.90 Å². The summed E-state index contributed by atoms with van der Waals surface area (Å²) in [4.78, 5) is 17.9. The summed E-state index contributed by atoms with van der Waals surface area (Å²) in [7, 11) is -4.15. The van der Waals surface area contributed by atoms with E-state index in [0.29, 0.717) is 0 Å². The lowest BCUT2D eigenvalue weighted by Gasteiger charge is -2.09. The minimum absolute atomic E-state index is 0.0641. The molecule has 0 atom stereocenters. The minimum Gasteiger partial charge on any atom is -0.476 e. The van der Waals surface area contributed by atoms with E-state index in [9.17, 15) is 13.2 Å². The number of anilines is 1. The quantitative estimate of drug-likeness (QED) is 0.855. The number of sulfonamides is 1. The summed E-state index contributed by atoms with van der Waals surface area (Å²) in [6, 6.07) is 7.29. The van der Waals surface area contributed by atoms with Crippen LogP contribution >= 0.6 is 0 Å². The van der Waals surface area contributed by atoms with Crippen molar-refractivity contribution in [2.24, 2.45) is 0 Å². The molecule has 2 N–H and O–H groups in total. The van der Waals surface area contributed by atoms with Gasteiger partial charge in [-0.05, 0) is 12.1 Å². The van der Waals surface area contributed by atoms with Crippen LogP contribution in [-0.2, 0) is 10.0 Å². The Hall–Kier alpha value is -2.99. The molecule has 8 nitrogen and oxygen atoms in total. The van der Waals surface area contributed by atoms with Gasteiger partial charge in [-0.3, -0.25) is 4.72 Å². The van der Waals surface area contributed by atoms with E-state index in [1.54, 1.807) is 6.07 Å². The Kier molecular flexibility index (Phi) is 3.82. The van der Waals surface area contributed by atoms with Crippen molar-refractivity contribution in [2.75, 3.05) is 4.72 Å². The molecule has 0 spiro atoms. The minimum atomic E-state index is -4.15. The molecule has 1 aromatic heterocycles. The fraction of sp³-hybridized carbons (Fsp3) is 0. The van der Waals surface area contributed by atoms with Gasteiger partial charge >= 0.3 is 5.97 Å². The largest absolute Gasteiger partial charge is 0.476 e. The number of rotatable bonds is 4. The van der Waals surface area contributed by atoms with Crippen molar-refractivity contribution in [3.05, 3.63) is 47.9 Å². The van der Waals surface area contributed by atoms with Gasteiger partial charge in [-0.1, -0.05) is 12.1 Å². The summed E-state index contributed by atoms with van der Waals surface area (Å²) in [5.41, 5.74) is -0.596. The summed E-state index contributed by atoms with van der Waals surface area (Å²) < 4.78 is 26.5. The molecule has 0 saturated heterocycles. The highest BCUT2D eigenvalue weighted by molar-refractivity contribution is 7.92. The van der Waals surface area contributed by atoms with Gasteiger partial charge in [0.05, 0.1) is 5.56 Å². The second-order valence-corrected chi connectivity index (χ2v) is 5.42. The maximum absolute atomic E-state index is 12.2. The molecule has 0 radical (unpaired) electrons. The van der Waals surface area contributed by atoms with Gasteiger partial charge in [-0.2, -0.15) is 5.26 Å². The Morgan fingerprint density at radius 1 is 1.24 bits per heavy atom. The third-order valence-corrected chi connectivity index (χ3v) is 3.83. The molecule has 0 bridgehead atoms. The number of nitrogens with one attached hydrogen (secondary N) is 1. The van der Waals surface area contributed by atoms with Gasteiger partial charge in [0.2, 0.25) is 0 Å². The topological polar surface area (TPSA) is 133 Å². The number of nitriles is 1. The number of nitrogens with zero attached hydrogens (tertiary/aromatic N) is 3. The van der Waals surface area contributed by atoms with Crippen LogP contribution in [0.25, 0.3) is 0 Å². The average Bonchev–Trinajstić information content (AvgIpc) is 2.47. The SMILES string of the molecule is N#Cc1ccccc1S(=O)(=O)Nc1nccnc1C(=O)O. The van der Waals surface area contributed by atoms with Gasteiger partial charge in [0.25, 0.3) is 10.0 Å². The third-order valence-electron chi connectivity index (χ3n) is 2.43. The molecule has 1 aromatic carbocycles. The molecule has 0 unspecified atom stereocenters. The third kappa shape index (κ3) is 2.96. The van der Waals surface area contributed by atoms with Crippen LogP contribution in [0.1, 0.15) is 16.1 Å². The highest BCUT2D eigenvalue weighted by atomic mass is 32.2. The maximum Gasteiger partial charge on any atom is 0.358 e. The summed E-state index contributed by atoms with van der Waals surface area (Å²) in [6.45, 7) is 0. The first kappa shape index (κ1) is 14.4. The average molecular weight is 304 g/mol. The normalized spacial score (nSPS) is 10.6. The Morgan fingerprint density at radius 2 is 1.90 bits per heavy atom. The zero-order valence-corrected chi connectivity index (χ0v) is 11.2. The Morgan fingerprint density at radius 3 is 2.57 bits per heavy atom. The second kappa shape index (κ2) is 5.56. The van der Waals surface area contributed by atoms with Crippen LogP contribution in [-0.4, -0.2) is 29.5 Å². The molecule has 0 fully saturated rings. The van der Waals surface area contributed by atoms with E-state index in [-0.39, 0.29) is 10.5 Å². The second-order valence-electron chi connectivity index (χ2n) is 3.77. The van der Waals surface area contributed by atoms with Crippen LogP contribution < -0.4 is 4.72 Å². The lowest BCUT2D eigenvalue weighted by molar-refractivity contribution is 0.0691. The van der Waals surface area contributed by atoms with E-state index >= 15 is 0 Å². The fourth-order valence-corrected chi connectivity index (χ4v) is 2.72. The molecule has 0 aliphatic heterocycles. The molecule has 0 amide bonds. The maximum atomic E-state index is 12.2.